The average Bonchev–Trinajstić information content (AvgIpc) is 2.71. The van der Waals surface area contributed by atoms with E-state index in [2.05, 4.69) is 6.58 Å². The van der Waals surface area contributed by atoms with E-state index >= 15 is 0 Å². The summed E-state index contributed by atoms with van der Waals surface area (Å²) in [5, 5.41) is 8.25. The maximum Gasteiger partial charge on any atom is 0.199 e. The number of alkyl halides is 2. The largest absolute Gasteiger partial charge is 0.491 e. The maximum atomic E-state index is 13.2. The summed E-state index contributed by atoms with van der Waals surface area (Å²) in [5.41, 5.74) is 1.13. The number of fused-ring (bicyclic) bond motifs is 1. The minimum atomic E-state index is -1.93. The van der Waals surface area contributed by atoms with Gasteiger partial charge >= 0.3 is 0 Å². The molecule has 3 atom stereocenters. The van der Waals surface area contributed by atoms with Crippen molar-refractivity contribution in [2.45, 2.75) is 22.1 Å². The van der Waals surface area contributed by atoms with Gasteiger partial charge in [-0.15, -0.1) is 23.2 Å². The highest BCUT2D eigenvalue weighted by Crippen LogP contribution is 2.60. The van der Waals surface area contributed by atoms with Gasteiger partial charge in [0, 0.05) is 11.5 Å². The van der Waals surface area contributed by atoms with Gasteiger partial charge in [-0.2, -0.15) is 0 Å². The number of aliphatic hydroxyl groups excluding tert-OH is 1. The molecular weight excluding hydrogens is 446 g/mol. The third-order valence-electron chi connectivity index (χ3n) is 5.02. The summed E-state index contributed by atoms with van der Waals surface area (Å²) in [5.74, 6) is -1.91. The van der Waals surface area contributed by atoms with E-state index in [1.54, 1.807) is 36.4 Å². The van der Waals surface area contributed by atoms with E-state index in [1.165, 1.54) is 0 Å². The molecule has 2 aliphatic rings. The summed E-state index contributed by atoms with van der Waals surface area (Å²) < 4.78 is 5.62. The second kappa shape index (κ2) is 7.85. The minimum Gasteiger partial charge on any atom is -0.491 e. The average molecular weight is 462 g/mol. The first-order valence-corrected chi connectivity index (χ1v) is 9.93. The Hall–Kier alpha value is -1.30. The Morgan fingerprint density at radius 3 is 2.46 bits per heavy atom. The third kappa shape index (κ3) is 2.94. The number of Topliss-reactive ketones (excluding diaryl/α,β-unsaturated/α-hetero) is 2. The molecule has 3 rings (SSSR count). The first-order chi connectivity index (χ1) is 13.2. The highest BCUT2D eigenvalue weighted by molar-refractivity contribution is 6.66. The monoisotopic (exact) mass is 460 g/mol. The zero-order valence-electron chi connectivity index (χ0n) is 14.6. The van der Waals surface area contributed by atoms with Gasteiger partial charge in [-0.1, -0.05) is 60.1 Å². The van der Waals surface area contributed by atoms with Crippen LogP contribution in [-0.4, -0.2) is 39.6 Å². The van der Waals surface area contributed by atoms with Crippen molar-refractivity contribution in [3.63, 3.8) is 0 Å². The molecule has 0 aromatic heterocycles. The Balaban J connectivity index is 2.29. The Kier molecular flexibility index (Phi) is 6.00. The molecule has 0 aliphatic heterocycles. The summed E-state index contributed by atoms with van der Waals surface area (Å²) in [6, 6.07) is 6.87. The molecule has 1 aromatic carbocycles. The van der Waals surface area contributed by atoms with Crippen LogP contribution in [0.2, 0.25) is 0 Å². The Labute approximate surface area is 182 Å². The Morgan fingerprint density at radius 1 is 1.18 bits per heavy atom. The van der Waals surface area contributed by atoms with Crippen LogP contribution in [0.15, 0.2) is 58.6 Å². The molecule has 2 aliphatic carbocycles. The van der Waals surface area contributed by atoms with Gasteiger partial charge in [0.15, 0.2) is 11.6 Å². The van der Waals surface area contributed by atoms with E-state index in [-0.39, 0.29) is 19.6 Å². The molecule has 0 radical (unpaired) electrons. The molecule has 8 heteroatoms. The number of allylic oxidation sites excluding steroid dienone is 5. The SMILES string of the molecule is C=CC1=CCC2(Cl)C(=O)C(Cl)=C(Cl)C(=O)C2(Cl)C1c1ccccc1OCCO. The second-order valence-electron chi connectivity index (χ2n) is 6.45. The van der Waals surface area contributed by atoms with Crippen LogP contribution in [0.5, 0.6) is 5.75 Å². The number of halogens is 4. The van der Waals surface area contributed by atoms with Gasteiger partial charge in [0.2, 0.25) is 0 Å². The fourth-order valence-corrected chi connectivity index (χ4v) is 5.13. The predicted molar refractivity (Wildman–Crippen MR) is 111 cm³/mol. The number of hydrogen-bond acceptors (Lipinski definition) is 4. The number of ketones is 2. The van der Waals surface area contributed by atoms with Crippen molar-refractivity contribution >= 4 is 58.0 Å². The normalized spacial score (nSPS) is 30.0. The molecule has 0 spiro atoms. The summed E-state index contributed by atoms with van der Waals surface area (Å²) in [4.78, 5) is 22.4. The topological polar surface area (TPSA) is 63.6 Å². The number of aliphatic hydroxyl groups is 1. The maximum absolute atomic E-state index is 13.2. The number of rotatable bonds is 5. The first kappa shape index (κ1) is 21.4. The second-order valence-corrected chi connectivity index (χ2v) is 8.45. The molecule has 148 valence electrons. The molecule has 0 saturated carbocycles. The van der Waals surface area contributed by atoms with Crippen molar-refractivity contribution in [1.82, 2.24) is 0 Å². The lowest BCUT2D eigenvalue weighted by atomic mass is 9.62. The fourth-order valence-electron chi connectivity index (χ4n) is 3.69. The molecular formula is C20H16Cl4O4. The van der Waals surface area contributed by atoms with Crippen LogP contribution < -0.4 is 4.74 Å². The first-order valence-electron chi connectivity index (χ1n) is 8.41. The predicted octanol–water partition coefficient (Wildman–Crippen LogP) is 4.45. The van der Waals surface area contributed by atoms with Crippen molar-refractivity contribution < 1.29 is 19.4 Å². The highest BCUT2D eigenvalue weighted by Gasteiger charge is 2.68. The third-order valence-corrected chi connectivity index (χ3v) is 7.27. The smallest absolute Gasteiger partial charge is 0.199 e. The summed E-state index contributed by atoms with van der Waals surface area (Å²) in [6.45, 7) is 3.64. The van der Waals surface area contributed by atoms with E-state index < -0.39 is 37.3 Å². The van der Waals surface area contributed by atoms with E-state index in [1.807, 2.05) is 0 Å². The molecule has 1 N–H and O–H groups in total. The highest BCUT2D eigenvalue weighted by atomic mass is 35.5. The summed E-state index contributed by atoms with van der Waals surface area (Å²) in [6.07, 6.45) is 3.25. The number of ether oxygens (including phenoxy) is 1. The van der Waals surface area contributed by atoms with Gasteiger partial charge < -0.3 is 9.84 Å². The molecule has 0 fully saturated rings. The number of carbonyl (C=O) groups excluding carboxylic acids is 2. The van der Waals surface area contributed by atoms with E-state index in [9.17, 15) is 9.59 Å². The Bertz CT molecular complexity index is 923. The lowest BCUT2D eigenvalue weighted by Gasteiger charge is -2.50. The van der Waals surface area contributed by atoms with Crippen LogP contribution in [-0.2, 0) is 9.59 Å². The van der Waals surface area contributed by atoms with Crippen LogP contribution in [0.25, 0.3) is 0 Å². The van der Waals surface area contributed by atoms with Gasteiger partial charge in [0.1, 0.15) is 32.2 Å². The van der Waals surface area contributed by atoms with E-state index in [0.29, 0.717) is 16.9 Å². The molecule has 0 bridgehead atoms. The molecule has 28 heavy (non-hydrogen) atoms. The standard InChI is InChI=1S/C20H16Cl4O4/c1-2-11-7-8-19(23)17(26)15(21)16(22)18(27)20(19,24)14(11)12-5-3-4-6-13(12)28-10-9-25/h2-7,14,25H,1,8-10H2. The zero-order chi connectivity index (χ0) is 20.7. The lowest BCUT2D eigenvalue weighted by molar-refractivity contribution is -0.127. The zero-order valence-corrected chi connectivity index (χ0v) is 17.6. The fraction of sp³-hybridized carbons (Fsp3) is 0.300. The number of carbonyl (C=O) groups is 2. The number of hydrogen-bond donors (Lipinski definition) is 1. The molecule has 3 unspecified atom stereocenters. The molecule has 0 saturated heterocycles. The minimum absolute atomic E-state index is 0.0134. The van der Waals surface area contributed by atoms with E-state index in [0.717, 1.165) is 0 Å². The van der Waals surface area contributed by atoms with Crippen LogP contribution in [0.3, 0.4) is 0 Å². The van der Waals surface area contributed by atoms with Gasteiger partial charge in [0.25, 0.3) is 0 Å². The van der Waals surface area contributed by atoms with Gasteiger partial charge in [-0.25, -0.2) is 0 Å². The summed E-state index contributed by atoms with van der Waals surface area (Å²) in [7, 11) is 0. The molecule has 4 nitrogen and oxygen atoms in total. The number of benzene rings is 1. The number of para-hydroxylation sites is 1. The van der Waals surface area contributed by atoms with Gasteiger partial charge in [-0.05, 0) is 18.1 Å². The Morgan fingerprint density at radius 2 is 1.82 bits per heavy atom. The summed E-state index contributed by atoms with van der Waals surface area (Å²) >= 11 is 25.7. The van der Waals surface area contributed by atoms with Crippen molar-refractivity contribution in [1.29, 1.82) is 0 Å². The van der Waals surface area contributed by atoms with E-state index in [4.69, 9.17) is 56.2 Å². The lowest BCUT2D eigenvalue weighted by Crippen LogP contribution is -2.64. The van der Waals surface area contributed by atoms with Crippen molar-refractivity contribution in [2.24, 2.45) is 0 Å². The van der Waals surface area contributed by atoms with Crippen LogP contribution >= 0.6 is 46.4 Å². The van der Waals surface area contributed by atoms with Crippen molar-refractivity contribution in [3.05, 3.63) is 64.2 Å². The van der Waals surface area contributed by atoms with Crippen molar-refractivity contribution in [3.8, 4) is 5.75 Å². The molecule has 0 amide bonds. The quantitative estimate of drug-likeness (QED) is 0.657. The molecule has 1 aromatic rings. The van der Waals surface area contributed by atoms with Crippen LogP contribution in [0.1, 0.15) is 17.9 Å². The van der Waals surface area contributed by atoms with Crippen molar-refractivity contribution in [2.75, 3.05) is 13.2 Å². The molecule has 0 heterocycles. The van der Waals surface area contributed by atoms with Gasteiger partial charge in [-0.3, -0.25) is 9.59 Å². The van der Waals surface area contributed by atoms with Crippen LogP contribution in [0.4, 0.5) is 0 Å². The van der Waals surface area contributed by atoms with Gasteiger partial charge in [0.05, 0.1) is 6.61 Å². The van der Waals surface area contributed by atoms with Crippen LogP contribution in [0, 0.1) is 0 Å².